The Labute approximate surface area is 213 Å². The van der Waals surface area contributed by atoms with Gasteiger partial charge < -0.3 is 18.8 Å². The molecule has 1 fully saturated rings. The van der Waals surface area contributed by atoms with Crippen LogP contribution in [0, 0.1) is 5.82 Å². The number of ether oxygens (including phenoxy) is 3. The van der Waals surface area contributed by atoms with E-state index in [0.29, 0.717) is 42.7 Å². The molecule has 10 heteroatoms. The maximum Gasteiger partial charge on any atom is 0.150 e. The number of fused-ring (bicyclic) bond motifs is 3. The van der Waals surface area contributed by atoms with E-state index in [2.05, 4.69) is 34.2 Å². The third-order valence-electron chi connectivity index (χ3n) is 7.04. The number of rotatable bonds is 10. The third kappa shape index (κ3) is 4.79. The molecule has 0 radical (unpaired) electrons. The fraction of sp³-hybridized carbons (Fsp3) is 0.538. The lowest BCUT2D eigenvalue weighted by molar-refractivity contribution is -0.0365. The monoisotopic (exact) mass is 516 g/mol. The molecule has 1 aliphatic heterocycles. The van der Waals surface area contributed by atoms with Gasteiger partial charge in [-0.3, -0.25) is 0 Å². The van der Waals surface area contributed by atoms with Gasteiger partial charge in [-0.25, -0.2) is 13.8 Å². The Balaban J connectivity index is 1.54. The van der Waals surface area contributed by atoms with Crippen LogP contribution in [0.2, 0.25) is 0 Å². The molecule has 0 saturated carbocycles. The first-order valence-corrected chi connectivity index (χ1v) is 14.6. The quantitative estimate of drug-likeness (QED) is 0.224. The topological polar surface area (TPSA) is 68.3 Å². The van der Waals surface area contributed by atoms with Crippen molar-refractivity contribution < 1.29 is 18.6 Å². The van der Waals surface area contributed by atoms with Gasteiger partial charge >= 0.3 is 0 Å². The zero-order valence-electron chi connectivity index (χ0n) is 21.4. The van der Waals surface area contributed by atoms with E-state index in [1.807, 2.05) is 27.8 Å². The molecule has 0 bridgehead atoms. The molecule has 194 valence electrons. The Morgan fingerprint density at radius 3 is 2.81 bits per heavy atom. The average molecular weight is 517 g/mol. The summed E-state index contributed by atoms with van der Waals surface area (Å²) in [6, 6.07) is 4.89. The predicted molar refractivity (Wildman–Crippen MR) is 141 cm³/mol. The Kier molecular flexibility index (Phi) is 7.66. The SMILES string of the molecule is COCc1c(-n2c3ccc(F)cc3c3c2cnn3C2CCCCO2)cnn1COCC[C@@H](C)[S+](C)C. The van der Waals surface area contributed by atoms with Crippen LogP contribution in [0.25, 0.3) is 27.6 Å². The predicted octanol–water partition coefficient (Wildman–Crippen LogP) is 4.79. The van der Waals surface area contributed by atoms with Crippen molar-refractivity contribution in [2.24, 2.45) is 0 Å². The molecule has 1 aromatic carbocycles. The highest BCUT2D eigenvalue weighted by atomic mass is 32.2. The molecule has 1 saturated heterocycles. The minimum atomic E-state index is -0.281. The summed E-state index contributed by atoms with van der Waals surface area (Å²) in [6.07, 6.45) is 12.1. The minimum absolute atomic E-state index is 0.151. The molecule has 1 unspecified atom stereocenters. The van der Waals surface area contributed by atoms with Gasteiger partial charge in [0.1, 0.15) is 17.8 Å². The van der Waals surface area contributed by atoms with Crippen LogP contribution in [-0.2, 0) is 38.4 Å². The number of hydrogen-bond donors (Lipinski definition) is 0. The first-order valence-electron chi connectivity index (χ1n) is 12.5. The van der Waals surface area contributed by atoms with Crippen LogP contribution >= 0.6 is 0 Å². The second-order valence-corrected chi connectivity index (χ2v) is 12.1. The van der Waals surface area contributed by atoms with E-state index in [0.717, 1.165) is 59.0 Å². The number of hydrogen-bond acceptors (Lipinski definition) is 5. The van der Waals surface area contributed by atoms with Crippen molar-refractivity contribution in [2.75, 3.05) is 32.8 Å². The van der Waals surface area contributed by atoms with Crippen molar-refractivity contribution in [3.63, 3.8) is 0 Å². The van der Waals surface area contributed by atoms with Crippen molar-refractivity contribution in [3.05, 3.63) is 42.1 Å². The zero-order valence-corrected chi connectivity index (χ0v) is 22.3. The molecule has 1 aliphatic rings. The number of methoxy groups -OCH3 is 1. The summed E-state index contributed by atoms with van der Waals surface area (Å²) in [5.41, 5.74) is 4.40. The van der Waals surface area contributed by atoms with E-state index in [9.17, 15) is 4.39 Å². The van der Waals surface area contributed by atoms with E-state index in [1.54, 1.807) is 13.2 Å². The molecule has 4 heterocycles. The van der Waals surface area contributed by atoms with Crippen molar-refractivity contribution >= 4 is 32.8 Å². The van der Waals surface area contributed by atoms with Crippen LogP contribution in [0.1, 0.15) is 44.5 Å². The lowest BCUT2D eigenvalue weighted by atomic mass is 10.2. The van der Waals surface area contributed by atoms with Gasteiger partial charge in [0.15, 0.2) is 6.23 Å². The van der Waals surface area contributed by atoms with Crippen LogP contribution in [-0.4, -0.2) is 62.2 Å². The summed E-state index contributed by atoms with van der Waals surface area (Å²) in [4.78, 5) is 0. The molecule has 4 aromatic rings. The highest BCUT2D eigenvalue weighted by Gasteiger charge is 2.25. The van der Waals surface area contributed by atoms with Crippen LogP contribution < -0.4 is 0 Å². The number of nitrogens with zero attached hydrogens (tertiary/aromatic N) is 5. The van der Waals surface area contributed by atoms with Crippen LogP contribution in [0.5, 0.6) is 0 Å². The summed E-state index contributed by atoms with van der Waals surface area (Å²) in [7, 11) is 2.04. The molecule has 2 atom stereocenters. The summed E-state index contributed by atoms with van der Waals surface area (Å²) in [5.74, 6) is -0.281. The van der Waals surface area contributed by atoms with Gasteiger partial charge in [-0.1, -0.05) is 0 Å². The van der Waals surface area contributed by atoms with Crippen molar-refractivity contribution in [1.29, 1.82) is 0 Å². The normalized spacial score (nSPS) is 17.6. The second-order valence-electron chi connectivity index (χ2n) is 9.57. The molecule has 8 nitrogen and oxygen atoms in total. The number of aromatic nitrogens is 5. The molecular formula is C26H35FN5O3S+. The maximum atomic E-state index is 14.4. The van der Waals surface area contributed by atoms with Crippen molar-refractivity contribution in [1.82, 2.24) is 24.1 Å². The van der Waals surface area contributed by atoms with Gasteiger partial charge in [-0.15, -0.1) is 0 Å². The van der Waals surface area contributed by atoms with Gasteiger partial charge in [0.05, 0.1) is 66.1 Å². The summed E-state index contributed by atoms with van der Waals surface area (Å²) in [6.45, 7) is 4.36. The first kappa shape index (κ1) is 25.3. The Morgan fingerprint density at radius 1 is 1.19 bits per heavy atom. The lowest BCUT2D eigenvalue weighted by Crippen LogP contribution is -2.18. The summed E-state index contributed by atoms with van der Waals surface area (Å²) >= 11 is 0. The fourth-order valence-electron chi connectivity index (χ4n) is 4.82. The van der Waals surface area contributed by atoms with E-state index in [1.165, 1.54) is 6.07 Å². The van der Waals surface area contributed by atoms with Gasteiger partial charge in [-0.05, 0) is 55.3 Å². The van der Waals surface area contributed by atoms with Gasteiger partial charge in [0, 0.05) is 25.5 Å². The Hall–Kier alpha value is -2.40. The Morgan fingerprint density at radius 2 is 2.06 bits per heavy atom. The largest absolute Gasteiger partial charge is 0.378 e. The molecular weight excluding hydrogens is 481 g/mol. The van der Waals surface area contributed by atoms with E-state index in [4.69, 9.17) is 14.2 Å². The molecule has 5 rings (SSSR count). The van der Waals surface area contributed by atoms with Crippen LogP contribution in [0.3, 0.4) is 0 Å². The molecule has 36 heavy (non-hydrogen) atoms. The van der Waals surface area contributed by atoms with Gasteiger partial charge in [0.25, 0.3) is 0 Å². The molecule has 0 aliphatic carbocycles. The number of halogens is 1. The van der Waals surface area contributed by atoms with E-state index in [-0.39, 0.29) is 12.0 Å². The lowest BCUT2D eigenvalue weighted by Gasteiger charge is -2.23. The molecule has 0 spiro atoms. The van der Waals surface area contributed by atoms with Crippen LogP contribution in [0.4, 0.5) is 4.39 Å². The van der Waals surface area contributed by atoms with Crippen molar-refractivity contribution in [3.8, 4) is 5.69 Å². The highest BCUT2D eigenvalue weighted by Crippen LogP contribution is 2.36. The highest BCUT2D eigenvalue weighted by molar-refractivity contribution is 7.96. The molecule has 0 N–H and O–H groups in total. The summed E-state index contributed by atoms with van der Waals surface area (Å²) < 4.78 is 37.8. The fourth-order valence-corrected chi connectivity index (χ4v) is 5.38. The van der Waals surface area contributed by atoms with Crippen molar-refractivity contribution in [2.45, 2.75) is 57.4 Å². The maximum absolute atomic E-state index is 14.4. The Bertz CT molecular complexity index is 1320. The number of benzene rings is 1. The van der Waals surface area contributed by atoms with E-state index < -0.39 is 0 Å². The second kappa shape index (κ2) is 10.9. The van der Waals surface area contributed by atoms with E-state index >= 15 is 0 Å². The molecule has 3 aromatic heterocycles. The smallest absolute Gasteiger partial charge is 0.150 e. The van der Waals surface area contributed by atoms with Gasteiger partial charge in [0.2, 0.25) is 0 Å². The minimum Gasteiger partial charge on any atom is -0.378 e. The summed E-state index contributed by atoms with van der Waals surface area (Å²) in [5, 5.41) is 10.7. The standard InChI is InChI=1S/C26H35FN5O3S/c1-18(36(3)4)10-12-34-17-30-24(16-33-2)22(14-28-30)31-21-9-8-19(27)13-20(21)26-23(31)15-29-32(26)25-7-5-6-11-35-25/h8-9,13-15,18,25H,5-7,10-12,16-17H2,1-4H3/q+1/t18-,25?/m1/s1. The van der Waals surface area contributed by atoms with Crippen LogP contribution in [0.15, 0.2) is 30.6 Å². The average Bonchev–Trinajstić information content (AvgIpc) is 3.56. The van der Waals surface area contributed by atoms with Gasteiger partial charge in [-0.2, -0.15) is 10.2 Å². The zero-order chi connectivity index (χ0) is 25.2. The third-order valence-corrected chi connectivity index (χ3v) is 8.88. The molecule has 0 amide bonds. The first-order chi connectivity index (χ1) is 17.5.